The molecule has 1 saturated heterocycles. The fraction of sp³-hybridized carbons (Fsp3) is 0.429. The van der Waals surface area contributed by atoms with Gasteiger partial charge in [-0.25, -0.2) is 24.3 Å². The largest absolute Gasteiger partial charge is 0.434 e. The smallest absolute Gasteiger partial charge is 0.343 e. The van der Waals surface area contributed by atoms with Gasteiger partial charge in [0.1, 0.15) is 18.8 Å². The third-order valence-corrected chi connectivity index (χ3v) is 4.01. The molecule has 1 aliphatic heterocycles. The van der Waals surface area contributed by atoms with Crippen LogP contribution in [0.5, 0.6) is 0 Å². The van der Waals surface area contributed by atoms with Crippen molar-refractivity contribution in [2.45, 2.75) is 24.6 Å². The summed E-state index contributed by atoms with van der Waals surface area (Å²) < 4.78 is 51.7. The molecule has 0 bridgehead atoms. The molecule has 5 nitrogen and oxygen atoms in total. The van der Waals surface area contributed by atoms with E-state index in [1.807, 2.05) is 0 Å². The molecule has 0 aromatic carbocycles. The Balaban J connectivity index is 1.98. The third kappa shape index (κ3) is 2.71. The van der Waals surface area contributed by atoms with E-state index < -0.39 is 24.1 Å². The summed E-state index contributed by atoms with van der Waals surface area (Å²) in [7, 11) is 0. The van der Waals surface area contributed by atoms with Gasteiger partial charge in [-0.3, -0.25) is 0 Å². The minimum absolute atomic E-state index is 0.206. The highest BCUT2D eigenvalue weighted by Gasteiger charge is 2.44. The van der Waals surface area contributed by atoms with Crippen molar-refractivity contribution in [1.82, 2.24) is 19.9 Å². The van der Waals surface area contributed by atoms with E-state index in [1.54, 1.807) is 4.90 Å². The highest BCUT2D eigenvalue weighted by molar-refractivity contribution is 5.46. The lowest BCUT2D eigenvalue weighted by molar-refractivity contribution is -0.141. The van der Waals surface area contributed by atoms with E-state index >= 15 is 0 Å². The Morgan fingerprint density at radius 2 is 1.83 bits per heavy atom. The number of rotatable bonds is 3. The van der Waals surface area contributed by atoms with Gasteiger partial charge in [-0.2, -0.15) is 13.2 Å². The van der Waals surface area contributed by atoms with Gasteiger partial charge in [0.25, 0.3) is 0 Å². The zero-order valence-electron chi connectivity index (χ0n) is 12.0. The van der Waals surface area contributed by atoms with E-state index in [0.29, 0.717) is 31.1 Å². The molecule has 2 aromatic rings. The first-order valence-electron chi connectivity index (χ1n) is 6.96. The van der Waals surface area contributed by atoms with Gasteiger partial charge in [0.15, 0.2) is 5.69 Å². The predicted octanol–water partition coefficient (Wildman–Crippen LogP) is 2.75. The van der Waals surface area contributed by atoms with E-state index in [9.17, 15) is 17.6 Å². The molecule has 1 fully saturated rings. The first-order valence-corrected chi connectivity index (χ1v) is 6.96. The van der Waals surface area contributed by atoms with E-state index in [0.717, 1.165) is 6.20 Å². The van der Waals surface area contributed by atoms with Crippen LogP contribution >= 0.6 is 0 Å². The number of halogens is 4. The molecule has 1 atom stereocenters. The molecule has 3 heterocycles. The van der Waals surface area contributed by atoms with Gasteiger partial charge >= 0.3 is 6.18 Å². The van der Waals surface area contributed by atoms with Crippen molar-refractivity contribution in [3.63, 3.8) is 0 Å². The Bertz CT molecular complexity index is 661. The Morgan fingerprint density at radius 1 is 1.09 bits per heavy atom. The molecule has 2 aromatic heterocycles. The molecule has 9 heteroatoms. The lowest BCUT2D eigenvalue weighted by Gasteiger charge is -2.37. The van der Waals surface area contributed by atoms with Crippen molar-refractivity contribution in [2.24, 2.45) is 0 Å². The maximum atomic E-state index is 13.9. The summed E-state index contributed by atoms with van der Waals surface area (Å²) in [5.41, 5.74) is -1.52. The van der Waals surface area contributed by atoms with Crippen molar-refractivity contribution >= 4 is 5.82 Å². The standard InChI is InChI=1S/C14H13F4N5/c15-8-13(10-4-19-9-20-5-10)2-1-3-23(13)12-7-21-11(6-22-12)14(16,17)18/h4-7,9H,1-3,8H2. The number of nitrogens with zero attached hydrogens (tertiary/aromatic N) is 5. The van der Waals surface area contributed by atoms with Crippen LogP contribution in [0.2, 0.25) is 0 Å². The molecular weight excluding hydrogens is 314 g/mol. The minimum Gasteiger partial charge on any atom is -0.343 e. The molecule has 0 radical (unpaired) electrons. The predicted molar refractivity (Wildman–Crippen MR) is 73.3 cm³/mol. The second-order valence-electron chi connectivity index (χ2n) is 5.31. The average molecular weight is 327 g/mol. The summed E-state index contributed by atoms with van der Waals surface area (Å²) in [6.45, 7) is -0.248. The Morgan fingerprint density at radius 3 is 2.39 bits per heavy atom. The van der Waals surface area contributed by atoms with Crippen LogP contribution in [0.4, 0.5) is 23.4 Å². The van der Waals surface area contributed by atoms with Crippen molar-refractivity contribution < 1.29 is 17.6 Å². The normalized spacial score (nSPS) is 21.7. The molecule has 23 heavy (non-hydrogen) atoms. The van der Waals surface area contributed by atoms with Crippen LogP contribution in [0.3, 0.4) is 0 Å². The van der Waals surface area contributed by atoms with Gasteiger partial charge in [0.05, 0.1) is 17.9 Å². The van der Waals surface area contributed by atoms with Gasteiger partial charge < -0.3 is 4.90 Å². The first-order chi connectivity index (χ1) is 11.0. The van der Waals surface area contributed by atoms with Gasteiger partial charge in [-0.15, -0.1) is 0 Å². The maximum Gasteiger partial charge on any atom is 0.434 e. The fourth-order valence-corrected chi connectivity index (χ4v) is 2.88. The Hall–Kier alpha value is -2.32. The molecule has 1 aliphatic rings. The lowest BCUT2D eigenvalue weighted by atomic mass is 9.90. The maximum absolute atomic E-state index is 13.9. The van der Waals surface area contributed by atoms with Crippen molar-refractivity contribution in [3.8, 4) is 0 Å². The molecule has 0 amide bonds. The second kappa shape index (κ2) is 5.71. The second-order valence-corrected chi connectivity index (χ2v) is 5.31. The number of hydrogen-bond donors (Lipinski definition) is 0. The van der Waals surface area contributed by atoms with Crippen LogP contribution in [-0.4, -0.2) is 33.2 Å². The number of anilines is 1. The summed E-state index contributed by atoms with van der Waals surface area (Å²) in [4.78, 5) is 16.7. The van der Waals surface area contributed by atoms with E-state index in [2.05, 4.69) is 19.9 Å². The summed E-state index contributed by atoms with van der Waals surface area (Å²) in [5.74, 6) is 0.206. The third-order valence-electron chi connectivity index (χ3n) is 4.01. The van der Waals surface area contributed by atoms with Crippen molar-refractivity contribution in [2.75, 3.05) is 18.1 Å². The van der Waals surface area contributed by atoms with E-state index in [1.165, 1.54) is 18.7 Å². The number of alkyl halides is 4. The van der Waals surface area contributed by atoms with Gasteiger partial charge in [0.2, 0.25) is 0 Å². The lowest BCUT2D eigenvalue weighted by Crippen LogP contribution is -2.44. The topological polar surface area (TPSA) is 54.8 Å². The number of aromatic nitrogens is 4. The Labute approximate surface area is 129 Å². The molecular formula is C14H13F4N5. The molecule has 0 spiro atoms. The van der Waals surface area contributed by atoms with E-state index in [4.69, 9.17) is 0 Å². The van der Waals surface area contributed by atoms with Crippen LogP contribution in [-0.2, 0) is 11.7 Å². The SMILES string of the molecule is FCC1(c2cncnc2)CCCN1c1cnc(C(F)(F)F)cn1. The number of hydrogen-bond acceptors (Lipinski definition) is 5. The van der Waals surface area contributed by atoms with Crippen molar-refractivity contribution in [3.05, 3.63) is 42.4 Å². The monoisotopic (exact) mass is 327 g/mol. The van der Waals surface area contributed by atoms with Crippen LogP contribution in [0.15, 0.2) is 31.1 Å². The van der Waals surface area contributed by atoms with Crippen molar-refractivity contribution in [1.29, 1.82) is 0 Å². The fourth-order valence-electron chi connectivity index (χ4n) is 2.88. The van der Waals surface area contributed by atoms with Gasteiger partial charge in [-0.1, -0.05) is 0 Å². The summed E-state index contributed by atoms with van der Waals surface area (Å²) >= 11 is 0. The zero-order chi connectivity index (χ0) is 16.5. The summed E-state index contributed by atoms with van der Waals surface area (Å²) in [5, 5.41) is 0. The van der Waals surface area contributed by atoms with E-state index in [-0.39, 0.29) is 5.82 Å². The quantitative estimate of drug-likeness (QED) is 0.812. The molecule has 0 saturated carbocycles. The summed E-state index contributed by atoms with van der Waals surface area (Å²) in [6.07, 6.45) is 2.69. The zero-order valence-corrected chi connectivity index (χ0v) is 12.0. The summed E-state index contributed by atoms with van der Waals surface area (Å²) in [6, 6.07) is 0. The molecule has 0 N–H and O–H groups in total. The van der Waals surface area contributed by atoms with Gasteiger partial charge in [-0.05, 0) is 12.8 Å². The average Bonchev–Trinajstić information content (AvgIpc) is 3.00. The Kier molecular flexibility index (Phi) is 3.87. The molecule has 122 valence electrons. The molecule has 1 unspecified atom stereocenters. The van der Waals surface area contributed by atoms with Crippen LogP contribution in [0, 0.1) is 0 Å². The first kappa shape index (κ1) is 15.6. The highest BCUT2D eigenvalue weighted by Crippen LogP contribution is 2.41. The highest BCUT2D eigenvalue weighted by atomic mass is 19.4. The molecule has 0 aliphatic carbocycles. The van der Waals surface area contributed by atoms with Crippen LogP contribution in [0.1, 0.15) is 24.1 Å². The van der Waals surface area contributed by atoms with Crippen LogP contribution < -0.4 is 4.90 Å². The minimum atomic E-state index is -4.55. The molecule has 3 rings (SSSR count). The van der Waals surface area contributed by atoms with Crippen LogP contribution in [0.25, 0.3) is 0 Å². The van der Waals surface area contributed by atoms with Gasteiger partial charge in [0, 0.05) is 24.5 Å².